The molecule has 5 heteroatoms. The normalized spacial score (nSPS) is 12.2. The van der Waals surface area contributed by atoms with E-state index in [0.717, 1.165) is 6.42 Å². The predicted octanol–water partition coefficient (Wildman–Crippen LogP) is 0.936. The molecule has 0 heterocycles. The van der Waals surface area contributed by atoms with Crippen molar-refractivity contribution in [1.82, 2.24) is 4.90 Å². The van der Waals surface area contributed by atoms with Gasteiger partial charge in [0.2, 0.25) is 5.91 Å². The van der Waals surface area contributed by atoms with Crippen molar-refractivity contribution in [2.45, 2.75) is 32.7 Å². The van der Waals surface area contributed by atoms with Gasteiger partial charge in [0.15, 0.2) is 0 Å². The fraction of sp³-hybridized carbons (Fsp3) is 0.800. The number of nitrogens with two attached hydrogens (primary N) is 1. The van der Waals surface area contributed by atoms with E-state index in [4.69, 9.17) is 22.7 Å². The van der Waals surface area contributed by atoms with Crippen molar-refractivity contribution in [2.24, 2.45) is 5.73 Å². The zero-order valence-corrected chi connectivity index (χ0v) is 10.5. The number of carbonyl (C=O) groups is 1. The highest BCUT2D eigenvalue weighted by Gasteiger charge is 2.18. The number of hydrogen-bond donors (Lipinski definition) is 1. The average Bonchev–Trinajstić information content (AvgIpc) is 2.16. The molecule has 0 aromatic rings. The van der Waals surface area contributed by atoms with Gasteiger partial charge in [-0.3, -0.25) is 4.79 Å². The van der Waals surface area contributed by atoms with Crippen LogP contribution in [0.3, 0.4) is 0 Å². The van der Waals surface area contributed by atoms with Gasteiger partial charge in [0.1, 0.15) is 0 Å². The topological polar surface area (TPSA) is 55.6 Å². The van der Waals surface area contributed by atoms with Crippen LogP contribution in [0, 0.1) is 0 Å². The highest BCUT2D eigenvalue weighted by molar-refractivity contribution is 7.80. The molecule has 1 amide bonds. The summed E-state index contributed by atoms with van der Waals surface area (Å²) in [7, 11) is 1.62. The van der Waals surface area contributed by atoms with Crippen LogP contribution in [-0.2, 0) is 9.53 Å². The molecule has 0 fully saturated rings. The number of carbonyl (C=O) groups excluding carboxylic acids is 1. The van der Waals surface area contributed by atoms with Gasteiger partial charge in [-0.15, -0.1) is 0 Å². The third kappa shape index (κ3) is 5.69. The van der Waals surface area contributed by atoms with E-state index in [1.54, 1.807) is 12.0 Å². The molecule has 1 unspecified atom stereocenters. The molecule has 0 aromatic heterocycles. The minimum absolute atomic E-state index is 0.0195. The Hall–Kier alpha value is -0.680. The van der Waals surface area contributed by atoms with Crippen LogP contribution < -0.4 is 5.73 Å². The van der Waals surface area contributed by atoms with Gasteiger partial charge >= 0.3 is 0 Å². The van der Waals surface area contributed by atoms with Crippen LogP contribution in [0.1, 0.15) is 26.7 Å². The van der Waals surface area contributed by atoms with E-state index in [1.807, 2.05) is 13.8 Å². The van der Waals surface area contributed by atoms with Crippen molar-refractivity contribution in [3.63, 3.8) is 0 Å². The van der Waals surface area contributed by atoms with Crippen LogP contribution in [0.15, 0.2) is 0 Å². The molecular formula is C10H20N2O2S. The van der Waals surface area contributed by atoms with Crippen LogP contribution in [0.2, 0.25) is 0 Å². The van der Waals surface area contributed by atoms with Gasteiger partial charge < -0.3 is 15.4 Å². The van der Waals surface area contributed by atoms with Gasteiger partial charge in [-0.25, -0.2) is 0 Å². The fourth-order valence-corrected chi connectivity index (χ4v) is 1.37. The van der Waals surface area contributed by atoms with Gasteiger partial charge in [0, 0.05) is 19.7 Å². The summed E-state index contributed by atoms with van der Waals surface area (Å²) in [6.45, 7) is 5.17. The Bertz CT molecular complexity index is 221. The van der Waals surface area contributed by atoms with Crippen molar-refractivity contribution < 1.29 is 9.53 Å². The van der Waals surface area contributed by atoms with Crippen LogP contribution >= 0.6 is 12.2 Å². The van der Waals surface area contributed by atoms with Crippen molar-refractivity contribution in [3.05, 3.63) is 0 Å². The van der Waals surface area contributed by atoms with E-state index in [9.17, 15) is 4.79 Å². The minimum Gasteiger partial charge on any atom is -0.393 e. The van der Waals surface area contributed by atoms with Gasteiger partial charge in [0.05, 0.1) is 18.0 Å². The molecule has 0 aliphatic heterocycles. The van der Waals surface area contributed by atoms with Gasteiger partial charge in [-0.05, 0) is 13.3 Å². The number of rotatable bonds is 7. The maximum atomic E-state index is 11.8. The first-order valence-corrected chi connectivity index (χ1v) is 5.50. The lowest BCUT2D eigenvalue weighted by atomic mass is 10.2. The summed E-state index contributed by atoms with van der Waals surface area (Å²) in [5.41, 5.74) is 5.35. The highest BCUT2D eigenvalue weighted by Crippen LogP contribution is 2.05. The molecule has 0 aliphatic carbocycles. The number of amides is 1. The van der Waals surface area contributed by atoms with Crippen LogP contribution in [0.4, 0.5) is 0 Å². The Morgan fingerprint density at radius 1 is 1.60 bits per heavy atom. The molecular weight excluding hydrogens is 212 g/mol. The van der Waals surface area contributed by atoms with E-state index in [-0.39, 0.29) is 23.4 Å². The maximum absolute atomic E-state index is 11.8. The second kappa shape index (κ2) is 7.59. The molecule has 0 rings (SSSR count). The highest BCUT2D eigenvalue weighted by atomic mass is 32.1. The van der Waals surface area contributed by atoms with Crippen molar-refractivity contribution >= 4 is 23.1 Å². The van der Waals surface area contributed by atoms with Crippen molar-refractivity contribution in [2.75, 3.05) is 20.3 Å². The average molecular weight is 232 g/mol. The molecule has 0 saturated heterocycles. The summed E-state index contributed by atoms with van der Waals surface area (Å²) in [6, 6.07) is 0.196. The fourth-order valence-electron chi connectivity index (χ4n) is 1.25. The summed E-state index contributed by atoms with van der Waals surface area (Å²) < 4.78 is 4.96. The number of nitrogens with zero attached hydrogens (tertiary/aromatic N) is 1. The lowest BCUT2D eigenvalue weighted by Crippen LogP contribution is -2.41. The third-order valence-electron chi connectivity index (χ3n) is 2.30. The lowest BCUT2D eigenvalue weighted by molar-refractivity contribution is -0.132. The quantitative estimate of drug-likeness (QED) is 0.664. The summed E-state index contributed by atoms with van der Waals surface area (Å²) in [4.78, 5) is 13.8. The van der Waals surface area contributed by atoms with Crippen LogP contribution in [-0.4, -0.2) is 42.1 Å². The Morgan fingerprint density at radius 2 is 2.20 bits per heavy atom. The zero-order chi connectivity index (χ0) is 11.8. The Kier molecular flexibility index (Phi) is 7.25. The largest absolute Gasteiger partial charge is 0.393 e. The van der Waals surface area contributed by atoms with Gasteiger partial charge in [0.25, 0.3) is 0 Å². The number of methoxy groups -OCH3 is 1. The molecule has 88 valence electrons. The van der Waals surface area contributed by atoms with Crippen molar-refractivity contribution in [1.29, 1.82) is 0 Å². The first-order chi connectivity index (χ1) is 7.02. The monoisotopic (exact) mass is 232 g/mol. The number of thiocarbonyl (C=S) groups is 1. The van der Waals surface area contributed by atoms with Crippen LogP contribution in [0.5, 0.6) is 0 Å². The smallest absolute Gasteiger partial charge is 0.229 e. The second-order valence-electron chi connectivity index (χ2n) is 3.48. The Morgan fingerprint density at radius 3 is 2.60 bits per heavy atom. The molecule has 15 heavy (non-hydrogen) atoms. The molecule has 0 spiro atoms. The van der Waals surface area contributed by atoms with Crippen molar-refractivity contribution in [3.8, 4) is 0 Å². The van der Waals surface area contributed by atoms with Crippen LogP contribution in [0.25, 0.3) is 0 Å². The SMILES string of the molecule is CCC(C)N(CCOC)C(=O)CC(N)=S. The molecule has 0 radical (unpaired) electrons. The summed E-state index contributed by atoms with van der Waals surface area (Å²) in [5, 5.41) is 0. The Balaban J connectivity index is 4.33. The lowest BCUT2D eigenvalue weighted by Gasteiger charge is -2.28. The predicted molar refractivity (Wildman–Crippen MR) is 64.7 cm³/mol. The third-order valence-corrected chi connectivity index (χ3v) is 2.45. The summed E-state index contributed by atoms with van der Waals surface area (Å²) in [5.74, 6) is -0.0195. The zero-order valence-electron chi connectivity index (χ0n) is 9.66. The van der Waals surface area contributed by atoms with E-state index in [1.165, 1.54) is 0 Å². The second-order valence-corrected chi connectivity index (χ2v) is 4.00. The molecule has 4 nitrogen and oxygen atoms in total. The number of ether oxygens (including phenoxy) is 1. The van der Waals surface area contributed by atoms with Gasteiger partial charge in [-0.2, -0.15) is 0 Å². The summed E-state index contributed by atoms with van der Waals surface area (Å²) in [6.07, 6.45) is 1.05. The minimum atomic E-state index is -0.0195. The molecule has 0 aliphatic rings. The van der Waals surface area contributed by atoms with E-state index < -0.39 is 0 Å². The number of hydrogen-bond acceptors (Lipinski definition) is 3. The maximum Gasteiger partial charge on any atom is 0.229 e. The van der Waals surface area contributed by atoms with Gasteiger partial charge in [-0.1, -0.05) is 19.1 Å². The molecule has 0 bridgehead atoms. The molecule has 0 saturated carbocycles. The van der Waals surface area contributed by atoms with E-state index in [2.05, 4.69) is 0 Å². The summed E-state index contributed by atoms with van der Waals surface area (Å²) >= 11 is 4.73. The standard InChI is InChI=1S/C10H20N2O2S/c1-4-8(2)12(5-6-14-3)10(13)7-9(11)15/h8H,4-7H2,1-3H3,(H2,11,15). The molecule has 2 N–H and O–H groups in total. The Labute approximate surface area is 96.8 Å². The molecule has 1 atom stereocenters. The first kappa shape index (κ1) is 14.3. The van der Waals surface area contributed by atoms with E-state index in [0.29, 0.717) is 13.2 Å². The first-order valence-electron chi connectivity index (χ1n) is 5.09. The molecule has 0 aromatic carbocycles. The van der Waals surface area contributed by atoms with E-state index >= 15 is 0 Å².